The minimum absolute atomic E-state index is 0. The van der Waals surface area contributed by atoms with Gasteiger partial charge in [-0.3, -0.25) is 4.79 Å². The van der Waals surface area contributed by atoms with Crippen molar-refractivity contribution in [3.8, 4) is 9.88 Å². The summed E-state index contributed by atoms with van der Waals surface area (Å²) in [6.07, 6.45) is 0. The zero-order chi connectivity index (χ0) is 14.0. The van der Waals surface area contributed by atoms with Crippen molar-refractivity contribution < 1.29 is 4.79 Å². The number of rotatable bonds is 4. The van der Waals surface area contributed by atoms with Crippen LogP contribution in [0.5, 0.6) is 0 Å². The molecule has 2 heterocycles. The van der Waals surface area contributed by atoms with Gasteiger partial charge in [-0.15, -0.1) is 35.1 Å². The van der Waals surface area contributed by atoms with Crippen LogP contribution in [0.4, 0.5) is 0 Å². The molecule has 0 aliphatic rings. The van der Waals surface area contributed by atoms with E-state index in [2.05, 4.69) is 26.2 Å². The Morgan fingerprint density at radius 3 is 2.75 bits per heavy atom. The lowest BCUT2D eigenvalue weighted by Gasteiger charge is -2.18. The highest BCUT2D eigenvalue weighted by atomic mass is 79.9. The summed E-state index contributed by atoms with van der Waals surface area (Å²) >= 11 is 6.47. The highest BCUT2D eigenvalue weighted by molar-refractivity contribution is 9.11. The number of aromatic nitrogens is 1. The van der Waals surface area contributed by atoms with Gasteiger partial charge in [-0.1, -0.05) is 0 Å². The first-order valence-electron chi connectivity index (χ1n) is 5.63. The molecule has 4 nitrogen and oxygen atoms in total. The van der Waals surface area contributed by atoms with Crippen LogP contribution in [0.3, 0.4) is 0 Å². The number of carbonyl (C=O) groups excluding carboxylic acids is 1. The summed E-state index contributed by atoms with van der Waals surface area (Å²) in [6.45, 7) is 4.15. The summed E-state index contributed by atoms with van der Waals surface area (Å²) < 4.78 is 1.05. The van der Waals surface area contributed by atoms with E-state index in [9.17, 15) is 4.79 Å². The Morgan fingerprint density at radius 1 is 1.50 bits per heavy atom. The van der Waals surface area contributed by atoms with Crippen molar-refractivity contribution in [1.29, 1.82) is 0 Å². The number of carbonyl (C=O) groups is 1. The van der Waals surface area contributed by atoms with Gasteiger partial charge in [0.15, 0.2) is 0 Å². The van der Waals surface area contributed by atoms with Crippen molar-refractivity contribution in [3.63, 3.8) is 0 Å². The second kappa shape index (κ2) is 7.00. The third-order valence-electron chi connectivity index (χ3n) is 2.23. The molecule has 0 unspecified atom stereocenters. The standard InChI is InChI=1S/C12H14BrN3OS2.ClH/c1-12(2,14)6-15-10(17)7-5-18-11(16-7)8-3-4-9(13)19-8;/h3-5H,6,14H2,1-2H3,(H,15,17);1H. The molecule has 20 heavy (non-hydrogen) atoms. The number of nitrogens with zero attached hydrogens (tertiary/aromatic N) is 1. The Bertz CT molecular complexity index is 592. The van der Waals surface area contributed by atoms with Gasteiger partial charge in [0, 0.05) is 17.5 Å². The average Bonchev–Trinajstić information content (AvgIpc) is 2.93. The van der Waals surface area contributed by atoms with Crippen LogP contribution in [-0.2, 0) is 0 Å². The molecule has 0 atom stereocenters. The van der Waals surface area contributed by atoms with Crippen molar-refractivity contribution in [1.82, 2.24) is 10.3 Å². The predicted molar refractivity (Wildman–Crippen MR) is 91.0 cm³/mol. The molecule has 0 saturated heterocycles. The second-order valence-electron chi connectivity index (χ2n) is 4.81. The summed E-state index contributed by atoms with van der Waals surface area (Å²) in [6, 6.07) is 3.95. The van der Waals surface area contributed by atoms with Crippen molar-refractivity contribution in [2.45, 2.75) is 19.4 Å². The van der Waals surface area contributed by atoms with Crippen LogP contribution in [0.25, 0.3) is 9.88 Å². The van der Waals surface area contributed by atoms with Crippen LogP contribution in [-0.4, -0.2) is 23.0 Å². The van der Waals surface area contributed by atoms with Gasteiger partial charge in [-0.2, -0.15) is 0 Å². The van der Waals surface area contributed by atoms with Crippen LogP contribution in [0.15, 0.2) is 21.3 Å². The van der Waals surface area contributed by atoms with Gasteiger partial charge in [-0.25, -0.2) is 4.98 Å². The number of hydrogen-bond donors (Lipinski definition) is 2. The van der Waals surface area contributed by atoms with Crippen LogP contribution in [0.2, 0.25) is 0 Å². The summed E-state index contributed by atoms with van der Waals surface area (Å²) in [7, 11) is 0. The van der Waals surface area contributed by atoms with Gasteiger partial charge in [0.25, 0.3) is 5.91 Å². The van der Waals surface area contributed by atoms with Crippen LogP contribution in [0, 0.1) is 0 Å². The third kappa shape index (κ3) is 4.82. The normalized spacial score (nSPS) is 11.0. The number of nitrogens with one attached hydrogen (secondary N) is 1. The fourth-order valence-electron chi connectivity index (χ4n) is 1.32. The maximum absolute atomic E-state index is 11.9. The van der Waals surface area contributed by atoms with E-state index in [0.717, 1.165) is 13.7 Å². The van der Waals surface area contributed by atoms with Gasteiger partial charge < -0.3 is 11.1 Å². The molecule has 3 N–H and O–H groups in total. The molecule has 1 amide bonds. The smallest absolute Gasteiger partial charge is 0.270 e. The lowest BCUT2D eigenvalue weighted by atomic mass is 10.1. The van der Waals surface area contributed by atoms with Gasteiger partial charge in [0.1, 0.15) is 10.7 Å². The summed E-state index contributed by atoms with van der Waals surface area (Å²) in [5, 5.41) is 5.40. The zero-order valence-electron chi connectivity index (χ0n) is 11.0. The van der Waals surface area contributed by atoms with E-state index in [-0.39, 0.29) is 18.3 Å². The maximum atomic E-state index is 11.9. The van der Waals surface area contributed by atoms with Gasteiger partial charge in [0.05, 0.1) is 8.66 Å². The van der Waals surface area contributed by atoms with E-state index in [1.54, 1.807) is 16.7 Å². The Kier molecular flexibility index (Phi) is 6.15. The van der Waals surface area contributed by atoms with Gasteiger partial charge >= 0.3 is 0 Å². The van der Waals surface area contributed by atoms with Gasteiger partial charge in [-0.05, 0) is 41.9 Å². The number of halogens is 2. The third-order valence-corrected chi connectivity index (χ3v) is 4.86. The number of thiophene rings is 1. The minimum atomic E-state index is -0.423. The molecule has 110 valence electrons. The van der Waals surface area contributed by atoms with E-state index >= 15 is 0 Å². The van der Waals surface area contributed by atoms with E-state index < -0.39 is 5.54 Å². The van der Waals surface area contributed by atoms with Crippen LogP contribution < -0.4 is 11.1 Å². The molecule has 0 aromatic carbocycles. The Labute approximate surface area is 140 Å². The molecule has 0 spiro atoms. The molecular formula is C12H15BrClN3OS2. The topological polar surface area (TPSA) is 68.0 Å². The molecule has 0 bridgehead atoms. The number of thiazole rings is 1. The van der Waals surface area contributed by atoms with E-state index in [0.29, 0.717) is 12.2 Å². The van der Waals surface area contributed by atoms with Crippen molar-refractivity contribution >= 4 is 56.9 Å². The molecule has 2 aromatic rings. The first kappa shape index (κ1) is 17.6. The lowest BCUT2D eigenvalue weighted by Crippen LogP contribution is -2.45. The van der Waals surface area contributed by atoms with Gasteiger partial charge in [0.2, 0.25) is 0 Å². The SMILES string of the molecule is CC(C)(N)CNC(=O)c1csc(-c2ccc(Br)s2)n1.Cl. The molecule has 8 heteroatoms. The fraction of sp³-hybridized carbons (Fsp3) is 0.333. The molecule has 2 rings (SSSR count). The molecule has 0 saturated carbocycles. The second-order valence-corrected chi connectivity index (χ2v) is 8.13. The van der Waals surface area contributed by atoms with Crippen molar-refractivity contribution in [2.75, 3.05) is 6.54 Å². The van der Waals surface area contributed by atoms with E-state index in [1.807, 2.05) is 26.0 Å². The van der Waals surface area contributed by atoms with E-state index in [4.69, 9.17) is 5.73 Å². The number of nitrogens with two attached hydrogens (primary N) is 1. The Balaban J connectivity index is 0.00000200. The molecule has 2 aromatic heterocycles. The zero-order valence-corrected chi connectivity index (χ0v) is 15.0. The Hall–Kier alpha value is -0.470. The maximum Gasteiger partial charge on any atom is 0.270 e. The molecule has 0 aliphatic carbocycles. The molecule has 0 aliphatic heterocycles. The quantitative estimate of drug-likeness (QED) is 0.831. The first-order valence-corrected chi connectivity index (χ1v) is 8.12. The number of hydrogen-bond acceptors (Lipinski definition) is 5. The lowest BCUT2D eigenvalue weighted by molar-refractivity contribution is 0.0942. The average molecular weight is 397 g/mol. The fourth-order valence-corrected chi connectivity index (χ4v) is 3.58. The monoisotopic (exact) mass is 395 g/mol. The Morgan fingerprint density at radius 2 is 2.20 bits per heavy atom. The molecular weight excluding hydrogens is 382 g/mol. The molecule has 0 radical (unpaired) electrons. The van der Waals surface area contributed by atoms with Crippen LogP contribution >= 0.6 is 51.0 Å². The number of amides is 1. The van der Waals surface area contributed by atoms with Crippen LogP contribution in [0.1, 0.15) is 24.3 Å². The van der Waals surface area contributed by atoms with E-state index in [1.165, 1.54) is 11.3 Å². The summed E-state index contributed by atoms with van der Waals surface area (Å²) in [5.74, 6) is -0.184. The van der Waals surface area contributed by atoms with Crippen molar-refractivity contribution in [2.24, 2.45) is 5.73 Å². The summed E-state index contributed by atoms with van der Waals surface area (Å²) in [5.41, 5.74) is 5.84. The molecule has 0 fully saturated rings. The first-order chi connectivity index (χ1) is 8.85. The largest absolute Gasteiger partial charge is 0.349 e. The van der Waals surface area contributed by atoms with Crippen molar-refractivity contribution in [3.05, 3.63) is 27.0 Å². The highest BCUT2D eigenvalue weighted by Gasteiger charge is 2.16. The minimum Gasteiger partial charge on any atom is -0.349 e. The summed E-state index contributed by atoms with van der Waals surface area (Å²) in [4.78, 5) is 17.3. The highest BCUT2D eigenvalue weighted by Crippen LogP contribution is 2.33. The predicted octanol–water partition coefficient (Wildman–Crippen LogP) is 3.52.